The number of hydrogen-bond donors (Lipinski definition) is 1. The Morgan fingerprint density at radius 3 is 2.42 bits per heavy atom. The number of methoxy groups -OCH3 is 1. The van der Waals surface area contributed by atoms with Crippen molar-refractivity contribution >= 4 is 11.9 Å². The molecule has 0 radical (unpaired) electrons. The average molecular weight is 355 g/mol. The van der Waals surface area contributed by atoms with Gasteiger partial charge in [-0.25, -0.2) is 9.18 Å². The summed E-state index contributed by atoms with van der Waals surface area (Å²) in [5.74, 6) is -1.72. The predicted molar refractivity (Wildman–Crippen MR) is 88.4 cm³/mol. The maximum absolute atomic E-state index is 13.0. The second-order valence-electron chi connectivity index (χ2n) is 5.25. The van der Waals surface area contributed by atoms with Gasteiger partial charge in [0.1, 0.15) is 5.82 Å². The molecule has 8 heteroatoms. The van der Waals surface area contributed by atoms with E-state index in [1.54, 1.807) is 30.3 Å². The molecule has 0 saturated carbocycles. The molecular formula is C18H14FN3O4. The molecule has 3 aromatic rings. The number of carbonyl (C=O) groups excluding carboxylic acids is 2. The number of carbonyl (C=O) groups is 2. The van der Waals surface area contributed by atoms with Crippen molar-refractivity contribution in [2.24, 2.45) is 0 Å². The highest BCUT2D eigenvalue weighted by molar-refractivity contribution is 5.96. The van der Waals surface area contributed by atoms with E-state index >= 15 is 0 Å². The monoisotopic (exact) mass is 355 g/mol. The van der Waals surface area contributed by atoms with Gasteiger partial charge in [0.2, 0.25) is 11.9 Å². The molecule has 3 rings (SSSR count). The van der Waals surface area contributed by atoms with E-state index in [0.29, 0.717) is 11.1 Å². The number of esters is 1. The summed E-state index contributed by atoms with van der Waals surface area (Å²) in [6, 6.07) is 12.5. The minimum Gasteiger partial charge on any atom is -0.467 e. The van der Waals surface area contributed by atoms with Crippen molar-refractivity contribution in [3.8, 4) is 11.5 Å². The summed E-state index contributed by atoms with van der Waals surface area (Å²) in [6.07, 6.45) is 0. The lowest BCUT2D eigenvalue weighted by molar-refractivity contribution is -0.143. The fraction of sp³-hybridized carbons (Fsp3) is 0.111. The zero-order chi connectivity index (χ0) is 18.5. The van der Waals surface area contributed by atoms with Crippen LogP contribution in [0.2, 0.25) is 0 Å². The van der Waals surface area contributed by atoms with Gasteiger partial charge in [-0.1, -0.05) is 18.2 Å². The van der Waals surface area contributed by atoms with Crippen LogP contribution in [0.15, 0.2) is 59.0 Å². The van der Waals surface area contributed by atoms with Crippen LogP contribution in [0.5, 0.6) is 0 Å². The quantitative estimate of drug-likeness (QED) is 0.707. The van der Waals surface area contributed by atoms with E-state index in [2.05, 4.69) is 15.5 Å². The molecule has 0 unspecified atom stereocenters. The van der Waals surface area contributed by atoms with Gasteiger partial charge in [-0.2, -0.15) is 0 Å². The van der Waals surface area contributed by atoms with Crippen LogP contribution < -0.4 is 5.32 Å². The first kappa shape index (κ1) is 17.3. The van der Waals surface area contributed by atoms with Gasteiger partial charge in [0.05, 0.1) is 7.11 Å². The van der Waals surface area contributed by atoms with E-state index in [9.17, 15) is 14.0 Å². The molecule has 0 aliphatic heterocycles. The number of halogens is 1. The molecule has 1 aromatic heterocycles. The third-order valence-corrected chi connectivity index (χ3v) is 3.53. The minimum atomic E-state index is -1.27. The summed E-state index contributed by atoms with van der Waals surface area (Å²) in [6.45, 7) is 0. The number of hydrogen-bond acceptors (Lipinski definition) is 6. The molecule has 0 spiro atoms. The molecule has 0 bridgehead atoms. The van der Waals surface area contributed by atoms with E-state index in [1.807, 2.05) is 0 Å². The summed E-state index contributed by atoms with van der Waals surface area (Å²) in [7, 11) is 1.18. The van der Waals surface area contributed by atoms with Gasteiger partial charge in [0.25, 0.3) is 11.8 Å². The van der Waals surface area contributed by atoms with Crippen LogP contribution in [-0.4, -0.2) is 29.2 Å². The fourth-order valence-corrected chi connectivity index (χ4v) is 2.20. The second kappa shape index (κ2) is 7.56. The molecule has 2 aromatic carbocycles. The molecule has 0 aliphatic carbocycles. The lowest BCUT2D eigenvalue weighted by Crippen LogP contribution is -2.34. The Kier molecular flexibility index (Phi) is 5.02. The maximum Gasteiger partial charge on any atom is 0.338 e. The Morgan fingerprint density at radius 1 is 1.08 bits per heavy atom. The van der Waals surface area contributed by atoms with Crippen LogP contribution in [0.3, 0.4) is 0 Å². The second-order valence-corrected chi connectivity index (χ2v) is 5.25. The standard InChI is InChI=1S/C18H14FN3O4/c1-25-18(24)14(20-15(23)11-5-3-2-4-6-11)17-22-21-16(26-17)12-7-9-13(19)10-8-12/h2-10,14H,1H3,(H,20,23)/t14-/m0/s1. The molecule has 0 aliphatic rings. The van der Waals surface area contributed by atoms with E-state index in [0.717, 1.165) is 0 Å². The third kappa shape index (κ3) is 3.75. The number of ether oxygens (including phenoxy) is 1. The Labute approximate surface area is 147 Å². The van der Waals surface area contributed by atoms with Crippen molar-refractivity contribution in [3.05, 3.63) is 71.9 Å². The topological polar surface area (TPSA) is 94.3 Å². The predicted octanol–water partition coefficient (Wildman–Crippen LogP) is 2.52. The van der Waals surface area contributed by atoms with E-state index in [4.69, 9.17) is 9.15 Å². The summed E-state index contributed by atoms with van der Waals surface area (Å²) in [4.78, 5) is 24.4. The van der Waals surface area contributed by atoms with Gasteiger partial charge in [-0.05, 0) is 36.4 Å². The van der Waals surface area contributed by atoms with Crippen molar-refractivity contribution in [2.45, 2.75) is 6.04 Å². The number of aromatic nitrogens is 2. The molecule has 0 fully saturated rings. The van der Waals surface area contributed by atoms with Crippen molar-refractivity contribution in [3.63, 3.8) is 0 Å². The molecular weight excluding hydrogens is 341 g/mol. The summed E-state index contributed by atoms with van der Waals surface area (Å²) in [5.41, 5.74) is 0.836. The zero-order valence-electron chi connectivity index (χ0n) is 13.7. The van der Waals surface area contributed by atoms with E-state index < -0.39 is 23.7 Å². The van der Waals surface area contributed by atoms with Crippen LogP contribution in [0, 0.1) is 5.82 Å². The summed E-state index contributed by atoms with van der Waals surface area (Å²) < 4.78 is 23.2. The first-order chi connectivity index (χ1) is 12.6. The molecule has 1 atom stereocenters. The van der Waals surface area contributed by atoms with Crippen LogP contribution in [0.4, 0.5) is 4.39 Å². The van der Waals surface area contributed by atoms with Gasteiger partial charge in [-0.3, -0.25) is 4.79 Å². The lowest BCUT2D eigenvalue weighted by atomic mass is 10.2. The van der Waals surface area contributed by atoms with Gasteiger partial charge in [0.15, 0.2) is 0 Å². The smallest absolute Gasteiger partial charge is 0.338 e. The van der Waals surface area contributed by atoms with Crippen molar-refractivity contribution in [2.75, 3.05) is 7.11 Å². The molecule has 1 N–H and O–H groups in total. The Bertz CT molecular complexity index is 910. The molecule has 1 heterocycles. The average Bonchev–Trinajstić information content (AvgIpc) is 3.16. The number of nitrogens with zero attached hydrogens (tertiary/aromatic N) is 2. The number of benzene rings is 2. The maximum atomic E-state index is 13.0. The lowest BCUT2D eigenvalue weighted by Gasteiger charge is -2.12. The zero-order valence-corrected chi connectivity index (χ0v) is 13.7. The number of amides is 1. The van der Waals surface area contributed by atoms with Crippen molar-refractivity contribution in [1.29, 1.82) is 0 Å². The number of nitrogens with one attached hydrogen (secondary N) is 1. The normalized spacial score (nSPS) is 11.6. The van der Waals surface area contributed by atoms with Crippen LogP contribution in [-0.2, 0) is 9.53 Å². The Hall–Kier alpha value is -3.55. The van der Waals surface area contributed by atoms with E-state index in [-0.39, 0.29) is 11.8 Å². The third-order valence-electron chi connectivity index (χ3n) is 3.53. The van der Waals surface area contributed by atoms with Crippen molar-refractivity contribution in [1.82, 2.24) is 15.5 Å². The molecule has 132 valence electrons. The molecule has 7 nitrogen and oxygen atoms in total. The number of rotatable bonds is 5. The van der Waals surface area contributed by atoms with E-state index in [1.165, 1.54) is 31.4 Å². The highest BCUT2D eigenvalue weighted by Gasteiger charge is 2.30. The largest absolute Gasteiger partial charge is 0.467 e. The highest BCUT2D eigenvalue weighted by atomic mass is 19.1. The molecule has 26 heavy (non-hydrogen) atoms. The van der Waals surface area contributed by atoms with Crippen LogP contribution in [0.25, 0.3) is 11.5 Å². The van der Waals surface area contributed by atoms with Gasteiger partial charge in [0, 0.05) is 11.1 Å². The van der Waals surface area contributed by atoms with Gasteiger partial charge in [-0.15, -0.1) is 10.2 Å². The van der Waals surface area contributed by atoms with Gasteiger partial charge < -0.3 is 14.5 Å². The highest BCUT2D eigenvalue weighted by Crippen LogP contribution is 2.22. The van der Waals surface area contributed by atoms with Crippen LogP contribution in [0.1, 0.15) is 22.3 Å². The fourth-order valence-electron chi connectivity index (χ4n) is 2.20. The van der Waals surface area contributed by atoms with Gasteiger partial charge >= 0.3 is 5.97 Å². The molecule has 1 amide bonds. The SMILES string of the molecule is COC(=O)[C@@H](NC(=O)c1ccccc1)c1nnc(-c2ccc(F)cc2)o1. The first-order valence-electron chi connectivity index (χ1n) is 7.61. The van der Waals surface area contributed by atoms with Crippen LogP contribution >= 0.6 is 0 Å². The van der Waals surface area contributed by atoms with Crippen molar-refractivity contribution < 1.29 is 23.1 Å². The minimum absolute atomic E-state index is 0.0860. The Balaban J connectivity index is 1.85. The first-order valence-corrected chi connectivity index (χ1v) is 7.61. The summed E-state index contributed by atoms with van der Waals surface area (Å²) >= 11 is 0. The Morgan fingerprint density at radius 2 is 1.77 bits per heavy atom. The molecule has 0 saturated heterocycles. The summed E-state index contributed by atoms with van der Waals surface area (Å²) in [5, 5.41) is 10.1.